The summed E-state index contributed by atoms with van der Waals surface area (Å²) in [5.41, 5.74) is 5.90. The van der Waals surface area contributed by atoms with Gasteiger partial charge < -0.3 is 20.3 Å². The van der Waals surface area contributed by atoms with Gasteiger partial charge in [0.2, 0.25) is 0 Å². The zero-order valence-corrected chi connectivity index (χ0v) is 13.9. The fourth-order valence-corrected chi connectivity index (χ4v) is 2.56. The van der Waals surface area contributed by atoms with Gasteiger partial charge in [0.05, 0.1) is 31.4 Å². The fourth-order valence-electron chi connectivity index (χ4n) is 2.56. The first-order valence-electron chi connectivity index (χ1n) is 7.75. The molecular formula is C16H23F3N4O. The van der Waals surface area contributed by atoms with E-state index in [1.54, 1.807) is 6.07 Å². The normalized spacial score (nSPS) is 18.1. The van der Waals surface area contributed by atoms with E-state index < -0.39 is 11.7 Å². The van der Waals surface area contributed by atoms with E-state index in [0.29, 0.717) is 37.8 Å². The minimum atomic E-state index is -4.36. The SMILES string of the molecule is CN(C)[C@H](CN=C(N)N1CCOCC1)c1cccc(C(F)(F)F)c1. The van der Waals surface area contributed by atoms with Crippen molar-refractivity contribution in [3.63, 3.8) is 0 Å². The van der Waals surface area contributed by atoms with Gasteiger partial charge in [-0.1, -0.05) is 12.1 Å². The van der Waals surface area contributed by atoms with Crippen LogP contribution in [0.4, 0.5) is 13.2 Å². The molecule has 1 aromatic rings. The Balaban J connectivity index is 2.15. The molecule has 1 aromatic carbocycles. The smallest absolute Gasteiger partial charge is 0.378 e. The third-order valence-corrected chi connectivity index (χ3v) is 3.98. The number of hydrogen-bond acceptors (Lipinski definition) is 3. The molecule has 0 bridgehead atoms. The third-order valence-electron chi connectivity index (χ3n) is 3.98. The number of benzene rings is 1. The number of alkyl halides is 3. The van der Waals surface area contributed by atoms with E-state index in [1.807, 2.05) is 23.9 Å². The van der Waals surface area contributed by atoms with Crippen LogP contribution in [0.15, 0.2) is 29.3 Å². The van der Waals surface area contributed by atoms with Crippen LogP contribution in [-0.2, 0) is 10.9 Å². The Morgan fingerprint density at radius 2 is 2.00 bits per heavy atom. The highest BCUT2D eigenvalue weighted by Gasteiger charge is 2.31. The number of aliphatic imine (C=N–C) groups is 1. The standard InChI is InChI=1S/C16H23F3N4O/c1-22(2)14(11-21-15(20)23-6-8-24-9-7-23)12-4-3-5-13(10-12)16(17,18)19/h3-5,10,14H,6-9,11H2,1-2H3,(H2,20,21)/t14-/m1/s1. The van der Waals surface area contributed by atoms with Gasteiger partial charge in [0, 0.05) is 13.1 Å². The zero-order chi connectivity index (χ0) is 17.7. The molecule has 1 atom stereocenters. The number of nitrogens with zero attached hydrogens (tertiary/aromatic N) is 3. The molecule has 0 aliphatic carbocycles. The summed E-state index contributed by atoms with van der Waals surface area (Å²) in [6.45, 7) is 2.83. The lowest BCUT2D eigenvalue weighted by Crippen LogP contribution is -2.45. The summed E-state index contributed by atoms with van der Waals surface area (Å²) in [5.74, 6) is 0.400. The summed E-state index contributed by atoms with van der Waals surface area (Å²) in [6.07, 6.45) is -4.36. The highest BCUT2D eigenvalue weighted by atomic mass is 19.4. The zero-order valence-electron chi connectivity index (χ0n) is 13.9. The average Bonchev–Trinajstić information content (AvgIpc) is 2.55. The van der Waals surface area contributed by atoms with Crippen molar-refractivity contribution in [2.45, 2.75) is 12.2 Å². The number of guanidine groups is 1. The highest BCUT2D eigenvalue weighted by molar-refractivity contribution is 5.78. The molecule has 1 fully saturated rings. The molecule has 0 amide bonds. The summed E-state index contributed by atoms with van der Waals surface area (Å²) in [6, 6.07) is 5.06. The van der Waals surface area contributed by atoms with Gasteiger partial charge in [-0.25, -0.2) is 0 Å². The quantitative estimate of drug-likeness (QED) is 0.670. The number of morpholine rings is 1. The molecule has 0 unspecified atom stereocenters. The first-order chi connectivity index (χ1) is 11.3. The first-order valence-corrected chi connectivity index (χ1v) is 7.75. The van der Waals surface area contributed by atoms with Crippen LogP contribution in [0.1, 0.15) is 17.2 Å². The lowest BCUT2D eigenvalue weighted by atomic mass is 10.0. The molecule has 0 aromatic heterocycles. The molecule has 1 aliphatic rings. The Hall–Kier alpha value is -1.80. The van der Waals surface area contributed by atoms with E-state index in [9.17, 15) is 13.2 Å². The molecule has 24 heavy (non-hydrogen) atoms. The Kier molecular flexibility index (Phi) is 6.06. The Bertz CT molecular complexity index is 569. The predicted octanol–water partition coefficient (Wildman–Crippen LogP) is 1.96. The van der Waals surface area contributed by atoms with Crippen LogP contribution in [0.3, 0.4) is 0 Å². The number of ether oxygens (including phenoxy) is 1. The Labute approximate surface area is 139 Å². The van der Waals surface area contributed by atoms with E-state index in [-0.39, 0.29) is 12.6 Å². The van der Waals surface area contributed by atoms with Crippen LogP contribution in [0, 0.1) is 0 Å². The Morgan fingerprint density at radius 3 is 2.58 bits per heavy atom. The van der Waals surface area contributed by atoms with Crippen molar-refractivity contribution in [2.24, 2.45) is 10.7 Å². The molecule has 0 radical (unpaired) electrons. The maximum Gasteiger partial charge on any atom is 0.416 e. The monoisotopic (exact) mass is 344 g/mol. The van der Waals surface area contributed by atoms with Gasteiger partial charge in [0.25, 0.3) is 0 Å². The van der Waals surface area contributed by atoms with Gasteiger partial charge in [-0.3, -0.25) is 4.99 Å². The molecule has 0 saturated carbocycles. The number of hydrogen-bond donors (Lipinski definition) is 1. The topological polar surface area (TPSA) is 54.1 Å². The van der Waals surface area contributed by atoms with Crippen molar-refractivity contribution >= 4 is 5.96 Å². The molecular weight excluding hydrogens is 321 g/mol. The van der Waals surface area contributed by atoms with Crippen LogP contribution in [-0.4, -0.2) is 62.7 Å². The van der Waals surface area contributed by atoms with Crippen molar-refractivity contribution in [1.82, 2.24) is 9.80 Å². The summed E-state index contributed by atoms with van der Waals surface area (Å²) in [5, 5.41) is 0. The maximum absolute atomic E-state index is 12.9. The minimum absolute atomic E-state index is 0.285. The van der Waals surface area contributed by atoms with Crippen molar-refractivity contribution in [3.8, 4) is 0 Å². The van der Waals surface area contributed by atoms with Crippen molar-refractivity contribution in [1.29, 1.82) is 0 Å². The van der Waals surface area contributed by atoms with Gasteiger partial charge in [0.1, 0.15) is 0 Å². The van der Waals surface area contributed by atoms with Gasteiger partial charge in [-0.2, -0.15) is 13.2 Å². The van der Waals surface area contributed by atoms with Crippen molar-refractivity contribution in [2.75, 3.05) is 46.9 Å². The largest absolute Gasteiger partial charge is 0.416 e. The van der Waals surface area contributed by atoms with E-state index in [1.165, 1.54) is 12.1 Å². The molecule has 2 N–H and O–H groups in total. The lowest BCUT2D eigenvalue weighted by Gasteiger charge is -2.29. The average molecular weight is 344 g/mol. The van der Waals surface area contributed by atoms with Crippen LogP contribution in [0.5, 0.6) is 0 Å². The summed E-state index contributed by atoms with van der Waals surface area (Å²) in [4.78, 5) is 8.14. The maximum atomic E-state index is 12.9. The van der Waals surface area contributed by atoms with Crippen LogP contribution in [0.25, 0.3) is 0 Å². The highest BCUT2D eigenvalue weighted by Crippen LogP contribution is 2.31. The number of nitrogens with two attached hydrogens (primary N) is 1. The van der Waals surface area contributed by atoms with Crippen molar-refractivity contribution < 1.29 is 17.9 Å². The minimum Gasteiger partial charge on any atom is -0.378 e. The fraction of sp³-hybridized carbons (Fsp3) is 0.562. The lowest BCUT2D eigenvalue weighted by molar-refractivity contribution is -0.137. The summed E-state index contributed by atoms with van der Waals surface area (Å²) >= 11 is 0. The van der Waals surface area contributed by atoms with E-state index in [2.05, 4.69) is 4.99 Å². The second-order valence-corrected chi connectivity index (χ2v) is 5.90. The summed E-state index contributed by atoms with van der Waals surface area (Å²) < 4.78 is 44.0. The molecule has 134 valence electrons. The van der Waals surface area contributed by atoms with Crippen LogP contribution < -0.4 is 5.73 Å². The van der Waals surface area contributed by atoms with Crippen molar-refractivity contribution in [3.05, 3.63) is 35.4 Å². The van der Waals surface area contributed by atoms with Gasteiger partial charge in [0.15, 0.2) is 5.96 Å². The van der Waals surface area contributed by atoms with Gasteiger partial charge in [-0.15, -0.1) is 0 Å². The van der Waals surface area contributed by atoms with E-state index in [4.69, 9.17) is 10.5 Å². The Morgan fingerprint density at radius 1 is 1.33 bits per heavy atom. The second kappa shape index (κ2) is 7.85. The van der Waals surface area contributed by atoms with Gasteiger partial charge in [-0.05, 0) is 31.8 Å². The van der Waals surface area contributed by atoms with E-state index >= 15 is 0 Å². The van der Waals surface area contributed by atoms with Crippen LogP contribution >= 0.6 is 0 Å². The molecule has 1 aliphatic heterocycles. The molecule has 0 spiro atoms. The molecule has 1 heterocycles. The van der Waals surface area contributed by atoms with E-state index in [0.717, 1.165) is 6.07 Å². The summed E-state index contributed by atoms with van der Waals surface area (Å²) in [7, 11) is 3.62. The second-order valence-electron chi connectivity index (χ2n) is 5.90. The van der Waals surface area contributed by atoms with Gasteiger partial charge >= 0.3 is 6.18 Å². The number of rotatable bonds is 4. The molecule has 5 nitrogen and oxygen atoms in total. The molecule has 2 rings (SSSR count). The third kappa shape index (κ3) is 4.85. The molecule has 8 heteroatoms. The molecule has 1 saturated heterocycles. The van der Waals surface area contributed by atoms with Crippen LogP contribution in [0.2, 0.25) is 0 Å². The number of likely N-dealkylation sites (N-methyl/N-ethyl adjacent to an activating group) is 1. The first kappa shape index (κ1) is 18.5. The predicted molar refractivity (Wildman–Crippen MR) is 86.8 cm³/mol. The number of halogens is 3.